The number of hydrogen-bond acceptors (Lipinski definition) is 4. The smallest absolute Gasteiger partial charge is 0.310 e. The van der Waals surface area contributed by atoms with Gasteiger partial charge < -0.3 is 20.3 Å². The molecule has 1 heterocycles. The molecule has 1 aromatic rings. The van der Waals surface area contributed by atoms with E-state index in [9.17, 15) is 9.59 Å². The Morgan fingerprint density at radius 3 is 2.71 bits per heavy atom. The molecule has 28 heavy (non-hydrogen) atoms. The first-order valence-corrected chi connectivity index (χ1v) is 9.95. The number of nitrogens with zero attached hydrogens (tertiary/aromatic N) is 2. The molecule has 2 atom stereocenters. The third kappa shape index (κ3) is 4.64. The number of carbonyl (C=O) groups is 2. The first-order valence-electron chi connectivity index (χ1n) is 9.95. The molecule has 2 fully saturated rings. The number of methoxy groups -OCH3 is 1. The fraction of sp³-hybridized carbons (Fsp3) is 0.571. The fourth-order valence-corrected chi connectivity index (χ4v) is 3.79. The van der Waals surface area contributed by atoms with Crippen LogP contribution < -0.4 is 10.6 Å². The van der Waals surface area contributed by atoms with Gasteiger partial charge in [-0.1, -0.05) is 25.5 Å². The van der Waals surface area contributed by atoms with E-state index < -0.39 is 0 Å². The van der Waals surface area contributed by atoms with Crippen LogP contribution in [0.25, 0.3) is 0 Å². The lowest BCUT2D eigenvalue weighted by molar-refractivity contribution is -0.146. The van der Waals surface area contributed by atoms with Crippen molar-refractivity contribution in [2.75, 3.05) is 32.6 Å². The van der Waals surface area contributed by atoms with Crippen molar-refractivity contribution in [1.29, 1.82) is 0 Å². The van der Waals surface area contributed by atoms with E-state index in [1.54, 1.807) is 7.05 Å². The number of likely N-dealkylation sites (tertiary alicyclic amines) is 1. The van der Waals surface area contributed by atoms with Gasteiger partial charge in [-0.25, -0.2) is 0 Å². The average molecular weight is 386 g/mol. The van der Waals surface area contributed by atoms with Gasteiger partial charge >= 0.3 is 5.97 Å². The lowest BCUT2D eigenvalue weighted by Crippen LogP contribution is -2.40. The van der Waals surface area contributed by atoms with Crippen LogP contribution in [-0.4, -0.2) is 50.0 Å². The van der Waals surface area contributed by atoms with Gasteiger partial charge in [-0.3, -0.25) is 14.6 Å². The highest BCUT2D eigenvalue weighted by Gasteiger charge is 2.36. The summed E-state index contributed by atoms with van der Waals surface area (Å²) < 4.78 is 4.91. The Balaban J connectivity index is 1.56. The Kier molecular flexibility index (Phi) is 6.54. The van der Waals surface area contributed by atoms with Gasteiger partial charge in [0.25, 0.3) is 0 Å². The van der Waals surface area contributed by atoms with Crippen molar-refractivity contribution < 1.29 is 14.3 Å². The number of amides is 1. The minimum absolute atomic E-state index is 0.118. The average Bonchev–Trinajstić information content (AvgIpc) is 3.02. The molecule has 0 radical (unpaired) electrons. The third-order valence-corrected chi connectivity index (χ3v) is 5.75. The summed E-state index contributed by atoms with van der Waals surface area (Å²) in [6.07, 6.45) is 3.13. The van der Waals surface area contributed by atoms with Crippen molar-refractivity contribution >= 4 is 23.5 Å². The molecule has 1 aromatic carbocycles. The zero-order valence-corrected chi connectivity index (χ0v) is 16.9. The molecule has 0 aromatic heterocycles. The highest BCUT2D eigenvalue weighted by atomic mass is 16.5. The predicted octanol–water partition coefficient (Wildman–Crippen LogP) is 2.24. The van der Waals surface area contributed by atoms with Gasteiger partial charge in [0.1, 0.15) is 0 Å². The summed E-state index contributed by atoms with van der Waals surface area (Å²) in [4.78, 5) is 30.5. The van der Waals surface area contributed by atoms with E-state index in [-0.39, 0.29) is 29.6 Å². The molecule has 2 aliphatic rings. The quantitative estimate of drug-likeness (QED) is 0.461. The Bertz CT molecular complexity index is 745. The molecule has 1 saturated carbocycles. The van der Waals surface area contributed by atoms with Crippen LogP contribution in [-0.2, 0) is 20.9 Å². The number of benzene rings is 1. The van der Waals surface area contributed by atoms with Gasteiger partial charge in [-0.15, -0.1) is 0 Å². The standard InChI is InChI=1S/C21H30N4O3/c1-14-12-25(13-18(14)20(27)28-3)21(22-2)23-11-15-6-4-9-17(10-15)24-19(26)16-7-5-8-16/h4,6,9-10,14,16,18H,5,7-8,11-13H2,1-3H3,(H,22,23)(H,24,26). The van der Waals surface area contributed by atoms with Crippen LogP contribution in [0.15, 0.2) is 29.3 Å². The molecule has 7 nitrogen and oxygen atoms in total. The number of anilines is 1. The van der Waals surface area contributed by atoms with Gasteiger partial charge in [0.05, 0.1) is 13.0 Å². The summed E-state index contributed by atoms with van der Waals surface area (Å²) in [6, 6.07) is 7.86. The molecule has 2 N–H and O–H groups in total. The molecular weight excluding hydrogens is 356 g/mol. The maximum absolute atomic E-state index is 12.1. The number of rotatable bonds is 5. The first kappa shape index (κ1) is 20.2. The number of ether oxygens (including phenoxy) is 1. The number of aliphatic imine (C=N–C) groups is 1. The molecule has 0 bridgehead atoms. The van der Waals surface area contributed by atoms with Gasteiger partial charge in [0.15, 0.2) is 5.96 Å². The fourth-order valence-electron chi connectivity index (χ4n) is 3.79. The minimum Gasteiger partial charge on any atom is -0.469 e. The lowest BCUT2D eigenvalue weighted by Gasteiger charge is -2.24. The molecule has 1 saturated heterocycles. The summed E-state index contributed by atoms with van der Waals surface area (Å²) in [7, 11) is 3.18. The Morgan fingerprint density at radius 2 is 2.07 bits per heavy atom. The zero-order chi connectivity index (χ0) is 20.1. The molecule has 2 unspecified atom stereocenters. The number of guanidine groups is 1. The van der Waals surface area contributed by atoms with Crippen molar-refractivity contribution in [2.24, 2.45) is 22.7 Å². The van der Waals surface area contributed by atoms with Crippen LogP contribution >= 0.6 is 0 Å². The Labute approximate surface area is 166 Å². The molecule has 152 valence electrons. The number of esters is 1. The monoisotopic (exact) mass is 386 g/mol. The van der Waals surface area contributed by atoms with E-state index in [0.717, 1.165) is 43.0 Å². The molecule has 3 rings (SSSR count). The van der Waals surface area contributed by atoms with Crippen molar-refractivity contribution in [1.82, 2.24) is 10.2 Å². The van der Waals surface area contributed by atoms with Gasteiger partial charge in [0.2, 0.25) is 5.91 Å². The zero-order valence-electron chi connectivity index (χ0n) is 16.9. The van der Waals surface area contributed by atoms with E-state index in [1.165, 1.54) is 7.11 Å². The normalized spacial score (nSPS) is 22.5. The second-order valence-corrected chi connectivity index (χ2v) is 7.73. The summed E-state index contributed by atoms with van der Waals surface area (Å²) >= 11 is 0. The van der Waals surface area contributed by atoms with Crippen molar-refractivity contribution in [3.63, 3.8) is 0 Å². The number of carbonyl (C=O) groups excluding carboxylic acids is 2. The molecular formula is C21H30N4O3. The van der Waals surface area contributed by atoms with Crippen molar-refractivity contribution in [2.45, 2.75) is 32.7 Å². The summed E-state index contributed by atoms with van der Waals surface area (Å²) in [6.45, 7) is 4.01. The predicted molar refractivity (Wildman–Crippen MR) is 109 cm³/mol. The maximum atomic E-state index is 12.1. The van der Waals surface area contributed by atoms with Crippen LogP contribution in [0.4, 0.5) is 5.69 Å². The largest absolute Gasteiger partial charge is 0.469 e. The van der Waals surface area contributed by atoms with E-state index >= 15 is 0 Å². The second kappa shape index (κ2) is 9.08. The van der Waals surface area contributed by atoms with E-state index in [1.807, 2.05) is 24.3 Å². The SMILES string of the molecule is CN=C(NCc1cccc(NC(=O)C2CCC2)c1)N1CC(C)C(C(=O)OC)C1. The molecule has 1 amide bonds. The molecule has 1 aliphatic carbocycles. The summed E-state index contributed by atoms with van der Waals surface area (Å²) in [5.41, 5.74) is 1.89. The maximum Gasteiger partial charge on any atom is 0.310 e. The number of hydrogen-bond donors (Lipinski definition) is 2. The highest BCUT2D eigenvalue weighted by molar-refractivity contribution is 5.93. The second-order valence-electron chi connectivity index (χ2n) is 7.73. The van der Waals surface area contributed by atoms with Gasteiger partial charge in [0, 0.05) is 38.3 Å². The topological polar surface area (TPSA) is 83.0 Å². The third-order valence-electron chi connectivity index (χ3n) is 5.75. The minimum atomic E-state index is -0.166. The molecule has 7 heteroatoms. The van der Waals surface area contributed by atoms with Crippen LogP contribution in [0.5, 0.6) is 0 Å². The van der Waals surface area contributed by atoms with Gasteiger partial charge in [-0.05, 0) is 36.5 Å². The molecule has 0 spiro atoms. The summed E-state index contributed by atoms with van der Waals surface area (Å²) in [5, 5.41) is 6.38. The van der Waals surface area contributed by atoms with Crippen molar-refractivity contribution in [3.05, 3.63) is 29.8 Å². The van der Waals surface area contributed by atoms with E-state index in [4.69, 9.17) is 4.74 Å². The Morgan fingerprint density at radius 1 is 1.29 bits per heavy atom. The summed E-state index contributed by atoms with van der Waals surface area (Å²) in [5.74, 6) is 0.972. The first-order chi connectivity index (χ1) is 13.5. The van der Waals surface area contributed by atoms with Gasteiger partial charge in [-0.2, -0.15) is 0 Å². The van der Waals surface area contributed by atoms with Crippen LogP contribution in [0.1, 0.15) is 31.7 Å². The highest BCUT2D eigenvalue weighted by Crippen LogP contribution is 2.28. The van der Waals surface area contributed by atoms with E-state index in [2.05, 4.69) is 27.4 Å². The van der Waals surface area contributed by atoms with Crippen LogP contribution in [0.3, 0.4) is 0 Å². The molecule has 1 aliphatic heterocycles. The van der Waals surface area contributed by atoms with Crippen LogP contribution in [0.2, 0.25) is 0 Å². The van der Waals surface area contributed by atoms with Crippen LogP contribution in [0, 0.1) is 17.8 Å². The number of nitrogens with one attached hydrogen (secondary N) is 2. The van der Waals surface area contributed by atoms with Crippen molar-refractivity contribution in [3.8, 4) is 0 Å². The van der Waals surface area contributed by atoms with E-state index in [0.29, 0.717) is 13.1 Å². The Hall–Kier alpha value is -2.57. The lowest BCUT2D eigenvalue weighted by atomic mass is 9.85.